The van der Waals surface area contributed by atoms with Crippen LogP contribution >= 0.6 is 11.3 Å². The van der Waals surface area contributed by atoms with Crippen molar-refractivity contribution in [2.45, 2.75) is 25.8 Å². The Morgan fingerprint density at radius 2 is 1.89 bits per heavy atom. The van der Waals surface area contributed by atoms with E-state index in [4.69, 9.17) is 9.47 Å². The lowest BCUT2D eigenvalue weighted by atomic mass is 10.1. The Morgan fingerprint density at radius 3 is 2.64 bits per heavy atom. The number of amides is 2. The van der Waals surface area contributed by atoms with Crippen molar-refractivity contribution in [2.24, 2.45) is 0 Å². The normalized spacial score (nSPS) is 14.8. The van der Waals surface area contributed by atoms with Crippen LogP contribution in [0.3, 0.4) is 0 Å². The summed E-state index contributed by atoms with van der Waals surface area (Å²) in [6.07, 6.45) is 3.52. The molecule has 0 saturated carbocycles. The number of carbonyl (C=O) groups is 2. The average molecular weight is 506 g/mol. The second kappa shape index (κ2) is 11.8. The number of rotatable bonds is 10. The molecule has 0 bridgehead atoms. The highest BCUT2D eigenvalue weighted by atomic mass is 32.1. The van der Waals surface area contributed by atoms with Crippen LogP contribution in [-0.4, -0.2) is 45.2 Å². The highest BCUT2D eigenvalue weighted by molar-refractivity contribution is 7.10. The molecule has 188 valence electrons. The monoisotopic (exact) mass is 505 g/mol. The number of nitrogens with zero attached hydrogens (tertiary/aromatic N) is 1. The summed E-state index contributed by atoms with van der Waals surface area (Å²) in [7, 11) is 3.05. The number of fused-ring (bicyclic) bond motifs is 1. The van der Waals surface area contributed by atoms with Crippen LogP contribution in [-0.2, 0) is 11.2 Å². The molecule has 2 aromatic carbocycles. The van der Waals surface area contributed by atoms with Crippen LogP contribution < -0.4 is 25.0 Å². The van der Waals surface area contributed by atoms with E-state index in [2.05, 4.69) is 46.7 Å². The summed E-state index contributed by atoms with van der Waals surface area (Å²) in [6, 6.07) is 17.6. The molecule has 36 heavy (non-hydrogen) atoms. The number of anilines is 1. The predicted molar refractivity (Wildman–Crippen MR) is 144 cm³/mol. The lowest BCUT2D eigenvalue weighted by Crippen LogP contribution is -2.37. The van der Waals surface area contributed by atoms with Gasteiger partial charge in [0, 0.05) is 35.3 Å². The van der Waals surface area contributed by atoms with Gasteiger partial charge in [0.2, 0.25) is 0 Å². The highest BCUT2D eigenvalue weighted by Crippen LogP contribution is 2.31. The largest absolute Gasteiger partial charge is 0.493 e. The molecule has 2 amide bonds. The molecule has 3 aromatic rings. The van der Waals surface area contributed by atoms with E-state index in [0.717, 1.165) is 24.3 Å². The van der Waals surface area contributed by atoms with Crippen molar-refractivity contribution in [1.82, 2.24) is 10.6 Å². The number of para-hydroxylation sites is 1. The van der Waals surface area contributed by atoms with Gasteiger partial charge < -0.3 is 25.0 Å². The number of methoxy groups -OCH3 is 2. The van der Waals surface area contributed by atoms with Gasteiger partial charge in [-0.15, -0.1) is 11.3 Å². The van der Waals surface area contributed by atoms with Crippen molar-refractivity contribution in [1.29, 1.82) is 0 Å². The Kier molecular flexibility index (Phi) is 8.28. The molecule has 4 rings (SSSR count). The minimum absolute atomic E-state index is 0.192. The minimum Gasteiger partial charge on any atom is -0.493 e. The molecule has 1 aliphatic heterocycles. The molecule has 1 atom stereocenters. The van der Waals surface area contributed by atoms with Crippen LogP contribution in [0.1, 0.15) is 34.1 Å². The van der Waals surface area contributed by atoms with Crippen LogP contribution in [0.25, 0.3) is 6.08 Å². The van der Waals surface area contributed by atoms with Crippen LogP contribution in [0.4, 0.5) is 5.69 Å². The first-order chi connectivity index (χ1) is 17.5. The first-order valence-electron chi connectivity index (χ1n) is 11.9. The number of thiophene rings is 1. The van der Waals surface area contributed by atoms with Crippen molar-refractivity contribution < 1.29 is 19.1 Å². The van der Waals surface area contributed by atoms with Crippen molar-refractivity contribution in [3.63, 3.8) is 0 Å². The summed E-state index contributed by atoms with van der Waals surface area (Å²) >= 11 is 1.49. The molecule has 0 fully saturated rings. The maximum atomic E-state index is 13.1. The molecular weight excluding hydrogens is 474 g/mol. The summed E-state index contributed by atoms with van der Waals surface area (Å²) in [4.78, 5) is 29.3. The zero-order chi connectivity index (χ0) is 25.5. The zero-order valence-corrected chi connectivity index (χ0v) is 21.6. The van der Waals surface area contributed by atoms with Gasteiger partial charge in [0.1, 0.15) is 5.70 Å². The van der Waals surface area contributed by atoms with Crippen molar-refractivity contribution >= 4 is 34.9 Å². The molecule has 2 heterocycles. The maximum Gasteiger partial charge on any atom is 0.267 e. The lowest BCUT2D eigenvalue weighted by molar-refractivity contribution is -0.117. The third kappa shape index (κ3) is 5.88. The van der Waals surface area contributed by atoms with E-state index in [1.54, 1.807) is 24.3 Å². The smallest absolute Gasteiger partial charge is 0.267 e. The molecule has 0 aliphatic carbocycles. The Balaban J connectivity index is 1.39. The van der Waals surface area contributed by atoms with Gasteiger partial charge in [-0.1, -0.05) is 24.3 Å². The Bertz CT molecular complexity index is 1240. The summed E-state index contributed by atoms with van der Waals surface area (Å²) in [6.45, 7) is 3.57. The predicted octanol–water partition coefficient (Wildman–Crippen LogP) is 4.49. The van der Waals surface area contributed by atoms with E-state index in [-0.39, 0.29) is 11.6 Å². The van der Waals surface area contributed by atoms with Crippen LogP contribution in [0.5, 0.6) is 11.5 Å². The molecule has 2 N–H and O–H groups in total. The van der Waals surface area contributed by atoms with Crippen molar-refractivity contribution in [3.05, 3.63) is 81.7 Å². The van der Waals surface area contributed by atoms with Gasteiger partial charge in [0.05, 0.1) is 14.2 Å². The first-order valence-corrected chi connectivity index (χ1v) is 12.8. The summed E-state index contributed by atoms with van der Waals surface area (Å²) in [5.41, 5.74) is 3.20. The molecule has 1 aliphatic rings. The SMILES string of the molecule is COc1ccc(C(=O)N/C(=C\c2cccs2)C(=O)NCCCN2c3ccccc3CC2C)cc1OC. The first kappa shape index (κ1) is 25.3. The van der Waals surface area contributed by atoms with Gasteiger partial charge in [-0.3, -0.25) is 9.59 Å². The lowest BCUT2D eigenvalue weighted by Gasteiger charge is -2.25. The van der Waals surface area contributed by atoms with Gasteiger partial charge >= 0.3 is 0 Å². The molecule has 0 radical (unpaired) electrons. The number of benzene rings is 2. The third-order valence-electron chi connectivity index (χ3n) is 6.18. The van der Waals surface area contributed by atoms with E-state index < -0.39 is 5.91 Å². The number of hydrogen-bond donors (Lipinski definition) is 2. The van der Waals surface area contributed by atoms with Gasteiger partial charge in [0.15, 0.2) is 11.5 Å². The summed E-state index contributed by atoms with van der Waals surface area (Å²) in [5, 5.41) is 7.66. The maximum absolute atomic E-state index is 13.1. The van der Waals surface area contributed by atoms with Crippen molar-refractivity contribution in [2.75, 3.05) is 32.2 Å². The zero-order valence-electron chi connectivity index (χ0n) is 20.7. The fourth-order valence-corrected chi connectivity index (χ4v) is 5.02. The number of ether oxygens (including phenoxy) is 2. The molecule has 1 unspecified atom stereocenters. The minimum atomic E-state index is -0.406. The van der Waals surface area contributed by atoms with Crippen LogP contribution in [0.2, 0.25) is 0 Å². The van der Waals surface area contributed by atoms with Gasteiger partial charge in [-0.25, -0.2) is 0 Å². The van der Waals surface area contributed by atoms with Gasteiger partial charge in [-0.05, 0) is 67.1 Å². The fraction of sp³-hybridized carbons (Fsp3) is 0.286. The molecule has 1 aromatic heterocycles. The molecule has 7 nitrogen and oxygen atoms in total. The van der Waals surface area contributed by atoms with E-state index in [9.17, 15) is 9.59 Å². The third-order valence-corrected chi connectivity index (χ3v) is 7.00. The second-order valence-electron chi connectivity index (χ2n) is 8.58. The van der Waals surface area contributed by atoms with E-state index in [1.165, 1.54) is 36.8 Å². The van der Waals surface area contributed by atoms with Crippen molar-refractivity contribution in [3.8, 4) is 11.5 Å². The standard InChI is InChI=1S/C28H31N3O4S/c1-19-16-20-8-4-5-10-24(20)31(19)14-7-13-29-28(33)23(18-22-9-6-15-36-22)30-27(32)21-11-12-25(34-2)26(17-21)35-3/h4-6,8-12,15,17-19H,7,13-14,16H2,1-3H3,(H,29,33)(H,30,32)/b23-18-. The summed E-state index contributed by atoms with van der Waals surface area (Å²) < 4.78 is 10.5. The Labute approximate surface area is 215 Å². The molecule has 0 spiro atoms. The number of carbonyl (C=O) groups excluding carboxylic acids is 2. The summed E-state index contributed by atoms with van der Waals surface area (Å²) in [5.74, 6) is 0.232. The van der Waals surface area contributed by atoms with Crippen LogP contribution in [0.15, 0.2) is 65.7 Å². The van der Waals surface area contributed by atoms with Gasteiger partial charge in [0.25, 0.3) is 11.8 Å². The fourth-order valence-electron chi connectivity index (χ4n) is 4.36. The van der Waals surface area contributed by atoms with E-state index in [0.29, 0.717) is 29.6 Å². The Hall–Kier alpha value is -3.78. The highest BCUT2D eigenvalue weighted by Gasteiger charge is 2.25. The Morgan fingerprint density at radius 1 is 1.08 bits per heavy atom. The number of hydrogen-bond acceptors (Lipinski definition) is 6. The molecule has 0 saturated heterocycles. The molecule has 8 heteroatoms. The quantitative estimate of drug-likeness (QED) is 0.313. The average Bonchev–Trinajstić information content (AvgIpc) is 3.52. The van der Waals surface area contributed by atoms with Gasteiger partial charge in [-0.2, -0.15) is 0 Å². The van der Waals surface area contributed by atoms with E-state index in [1.807, 2.05) is 17.5 Å². The topological polar surface area (TPSA) is 79.9 Å². The number of nitrogens with one attached hydrogen (secondary N) is 2. The van der Waals surface area contributed by atoms with Crippen LogP contribution in [0, 0.1) is 0 Å². The van der Waals surface area contributed by atoms with E-state index >= 15 is 0 Å². The second-order valence-corrected chi connectivity index (χ2v) is 9.56. The molecular formula is C28H31N3O4S.